The summed E-state index contributed by atoms with van der Waals surface area (Å²) >= 11 is 3.53. The van der Waals surface area contributed by atoms with Crippen LogP contribution in [0.2, 0.25) is 0 Å². The van der Waals surface area contributed by atoms with Crippen LogP contribution in [0.3, 0.4) is 0 Å². The topological polar surface area (TPSA) is 3.24 Å². The maximum atomic E-state index is 13.1. The monoisotopic (exact) mass is 333 g/mol. The van der Waals surface area contributed by atoms with Crippen LogP contribution >= 0.6 is 15.9 Å². The largest absolute Gasteiger partial charge is 0.294 e. The van der Waals surface area contributed by atoms with E-state index in [1.807, 2.05) is 13.0 Å². The Morgan fingerprint density at radius 1 is 1.15 bits per heavy atom. The molecule has 0 saturated heterocycles. The van der Waals surface area contributed by atoms with Gasteiger partial charge in [0.05, 0.1) is 0 Å². The molecular weight excluding hydrogens is 317 g/mol. The first-order valence-corrected chi connectivity index (χ1v) is 7.66. The second-order valence-electron chi connectivity index (χ2n) is 5.44. The highest BCUT2D eigenvalue weighted by atomic mass is 79.9. The lowest BCUT2D eigenvalue weighted by Gasteiger charge is -2.29. The number of hydrogen-bond acceptors (Lipinski definition) is 1. The van der Waals surface area contributed by atoms with Gasteiger partial charge in [-0.15, -0.1) is 0 Å². The van der Waals surface area contributed by atoms with Gasteiger partial charge in [0.2, 0.25) is 0 Å². The highest BCUT2D eigenvalue weighted by molar-refractivity contribution is 9.10. The van der Waals surface area contributed by atoms with Crippen LogP contribution in [0.5, 0.6) is 0 Å². The molecule has 0 N–H and O–H groups in total. The fourth-order valence-electron chi connectivity index (χ4n) is 2.79. The van der Waals surface area contributed by atoms with Crippen molar-refractivity contribution in [3.63, 3.8) is 0 Å². The van der Waals surface area contributed by atoms with E-state index >= 15 is 0 Å². The van der Waals surface area contributed by atoms with Crippen molar-refractivity contribution in [2.75, 3.05) is 6.54 Å². The van der Waals surface area contributed by atoms with Crippen LogP contribution in [0.15, 0.2) is 40.9 Å². The second-order valence-corrected chi connectivity index (χ2v) is 6.36. The molecule has 1 aliphatic heterocycles. The van der Waals surface area contributed by atoms with Crippen molar-refractivity contribution in [1.82, 2.24) is 4.90 Å². The first-order chi connectivity index (χ1) is 9.61. The number of benzene rings is 2. The average molecular weight is 334 g/mol. The summed E-state index contributed by atoms with van der Waals surface area (Å²) < 4.78 is 14.3. The number of rotatable bonds is 2. The molecule has 1 heterocycles. The minimum Gasteiger partial charge on any atom is -0.294 e. The molecule has 1 aliphatic rings. The molecule has 1 nitrogen and oxygen atoms in total. The van der Waals surface area contributed by atoms with Crippen LogP contribution in [-0.4, -0.2) is 11.4 Å². The molecule has 104 valence electrons. The molecule has 3 rings (SSSR count). The lowest BCUT2D eigenvalue weighted by Crippen LogP contribution is -2.30. The normalized spacial score (nSPS) is 15.2. The van der Waals surface area contributed by atoms with Gasteiger partial charge >= 0.3 is 0 Å². The van der Waals surface area contributed by atoms with Crippen molar-refractivity contribution < 1.29 is 4.39 Å². The van der Waals surface area contributed by atoms with Gasteiger partial charge in [-0.3, -0.25) is 4.90 Å². The van der Waals surface area contributed by atoms with Crippen LogP contribution in [0.25, 0.3) is 0 Å². The molecule has 2 aromatic rings. The molecule has 0 unspecified atom stereocenters. The number of halogens is 2. The molecule has 0 aromatic heterocycles. The fraction of sp³-hybridized carbons (Fsp3) is 0.294. The van der Waals surface area contributed by atoms with E-state index < -0.39 is 0 Å². The maximum Gasteiger partial charge on any atom is 0.123 e. The van der Waals surface area contributed by atoms with E-state index in [2.05, 4.69) is 39.0 Å². The smallest absolute Gasteiger partial charge is 0.123 e. The number of aryl methyl sites for hydroxylation is 1. The highest BCUT2D eigenvalue weighted by Gasteiger charge is 2.17. The maximum absolute atomic E-state index is 13.1. The highest BCUT2D eigenvalue weighted by Crippen LogP contribution is 2.24. The lowest BCUT2D eigenvalue weighted by atomic mass is 9.99. The van der Waals surface area contributed by atoms with Crippen molar-refractivity contribution >= 4 is 15.9 Å². The molecule has 0 spiro atoms. The molecule has 0 atom stereocenters. The molecule has 0 aliphatic carbocycles. The predicted molar refractivity (Wildman–Crippen MR) is 83.1 cm³/mol. The van der Waals surface area contributed by atoms with Gasteiger partial charge < -0.3 is 0 Å². The van der Waals surface area contributed by atoms with Crippen molar-refractivity contribution in [2.45, 2.75) is 26.4 Å². The molecule has 0 bridgehead atoms. The first-order valence-electron chi connectivity index (χ1n) is 6.86. The Morgan fingerprint density at radius 3 is 2.80 bits per heavy atom. The van der Waals surface area contributed by atoms with Crippen LogP contribution in [0, 0.1) is 12.7 Å². The zero-order valence-electron chi connectivity index (χ0n) is 11.5. The van der Waals surface area contributed by atoms with Gasteiger partial charge in [0, 0.05) is 24.1 Å². The van der Waals surface area contributed by atoms with Gasteiger partial charge in [-0.2, -0.15) is 0 Å². The van der Waals surface area contributed by atoms with E-state index in [1.165, 1.54) is 16.7 Å². The molecule has 0 amide bonds. The number of nitrogens with zero attached hydrogens (tertiary/aromatic N) is 1. The van der Waals surface area contributed by atoms with Crippen molar-refractivity contribution in [3.8, 4) is 0 Å². The Morgan fingerprint density at radius 2 is 2.00 bits per heavy atom. The van der Waals surface area contributed by atoms with Gasteiger partial charge in [-0.25, -0.2) is 4.39 Å². The molecule has 20 heavy (non-hydrogen) atoms. The summed E-state index contributed by atoms with van der Waals surface area (Å²) in [7, 11) is 0. The van der Waals surface area contributed by atoms with Crippen LogP contribution in [0.1, 0.15) is 22.3 Å². The Balaban J connectivity index is 1.75. The van der Waals surface area contributed by atoms with E-state index in [-0.39, 0.29) is 5.82 Å². The Labute approximate surface area is 127 Å². The summed E-state index contributed by atoms with van der Waals surface area (Å²) in [6, 6.07) is 11.6. The summed E-state index contributed by atoms with van der Waals surface area (Å²) in [4.78, 5) is 2.43. The average Bonchev–Trinajstić information content (AvgIpc) is 2.42. The third-order valence-electron chi connectivity index (χ3n) is 3.96. The van der Waals surface area contributed by atoms with E-state index in [4.69, 9.17) is 0 Å². The van der Waals surface area contributed by atoms with Crippen LogP contribution in [0.4, 0.5) is 4.39 Å². The molecular formula is C17H17BrFN. The summed E-state index contributed by atoms with van der Waals surface area (Å²) in [5, 5.41) is 0. The minimum absolute atomic E-state index is 0.153. The van der Waals surface area contributed by atoms with E-state index in [1.54, 1.807) is 12.1 Å². The molecule has 0 saturated carbocycles. The summed E-state index contributed by atoms with van der Waals surface area (Å²) in [6.45, 7) is 4.90. The zero-order chi connectivity index (χ0) is 14.1. The third kappa shape index (κ3) is 2.94. The van der Waals surface area contributed by atoms with Crippen molar-refractivity contribution in [1.29, 1.82) is 0 Å². The fourth-order valence-corrected chi connectivity index (χ4v) is 3.20. The summed E-state index contributed by atoms with van der Waals surface area (Å²) in [5.74, 6) is -0.153. The van der Waals surface area contributed by atoms with Crippen molar-refractivity contribution in [2.24, 2.45) is 0 Å². The Kier molecular flexibility index (Phi) is 3.90. The van der Waals surface area contributed by atoms with Gasteiger partial charge in [0.25, 0.3) is 0 Å². The third-order valence-corrected chi connectivity index (χ3v) is 4.45. The van der Waals surface area contributed by atoms with Gasteiger partial charge in [-0.05, 0) is 59.9 Å². The Hall–Kier alpha value is -1.19. The molecule has 0 fully saturated rings. The van der Waals surface area contributed by atoms with Crippen molar-refractivity contribution in [3.05, 3.63) is 68.9 Å². The van der Waals surface area contributed by atoms with Crippen LogP contribution < -0.4 is 0 Å². The van der Waals surface area contributed by atoms with Gasteiger partial charge in [-0.1, -0.05) is 28.1 Å². The molecule has 2 aromatic carbocycles. The zero-order valence-corrected chi connectivity index (χ0v) is 13.1. The van der Waals surface area contributed by atoms with Gasteiger partial charge in [0.15, 0.2) is 0 Å². The first kappa shape index (κ1) is 13.8. The number of fused-ring (bicyclic) bond motifs is 1. The van der Waals surface area contributed by atoms with E-state index in [0.717, 1.165) is 36.1 Å². The lowest BCUT2D eigenvalue weighted by molar-refractivity contribution is 0.245. The molecule has 0 radical (unpaired) electrons. The SMILES string of the molecule is Cc1cc(F)ccc1CN1CCc2cc(Br)ccc2C1. The Bertz CT molecular complexity index is 639. The summed E-state index contributed by atoms with van der Waals surface area (Å²) in [6.07, 6.45) is 1.08. The second kappa shape index (κ2) is 5.66. The summed E-state index contributed by atoms with van der Waals surface area (Å²) in [5.41, 5.74) is 5.09. The quantitative estimate of drug-likeness (QED) is 0.784. The van der Waals surface area contributed by atoms with E-state index in [0.29, 0.717) is 0 Å². The van der Waals surface area contributed by atoms with Gasteiger partial charge in [0.1, 0.15) is 5.82 Å². The van der Waals surface area contributed by atoms with Crippen LogP contribution in [-0.2, 0) is 19.5 Å². The molecule has 3 heteroatoms. The minimum atomic E-state index is -0.153. The standard InChI is InChI=1S/C17H17BrFN/c1-12-8-17(19)5-3-14(12)10-20-7-6-13-9-16(18)4-2-15(13)11-20/h2-5,8-9H,6-7,10-11H2,1H3. The predicted octanol–water partition coefficient (Wildman–Crippen LogP) is 4.45. The number of hydrogen-bond donors (Lipinski definition) is 0. The van der Waals surface area contributed by atoms with E-state index in [9.17, 15) is 4.39 Å².